The van der Waals surface area contributed by atoms with Gasteiger partial charge in [-0.05, 0) is 54.9 Å². The first kappa shape index (κ1) is 18.0. The molecule has 1 N–H and O–H groups in total. The van der Waals surface area contributed by atoms with Crippen LogP contribution in [0.4, 0.5) is 0 Å². The Kier molecular flexibility index (Phi) is 5.07. The Balaban J connectivity index is 1.62. The standard InChI is InChI=1S/C24H25N5/c1-2-6-19(7-3-1)21-9-10-23-27-24(20-8-4-11-26-16-20)22(29(23)17-21)18-28-14-5-12-25-13-15-28/h1-4,6-11,16-17,25H,5,12-15,18H2. The molecule has 1 fully saturated rings. The predicted octanol–water partition coefficient (Wildman–Crippen LogP) is 3.86. The zero-order valence-corrected chi connectivity index (χ0v) is 16.5. The highest BCUT2D eigenvalue weighted by Gasteiger charge is 2.18. The number of nitrogens with one attached hydrogen (secondary N) is 1. The first-order valence-corrected chi connectivity index (χ1v) is 10.3. The van der Waals surface area contributed by atoms with Crippen LogP contribution in [0.1, 0.15) is 12.1 Å². The largest absolute Gasteiger partial charge is 0.315 e. The van der Waals surface area contributed by atoms with Gasteiger partial charge in [0.05, 0.1) is 11.4 Å². The van der Waals surface area contributed by atoms with Crippen LogP contribution in [0.5, 0.6) is 0 Å². The fourth-order valence-corrected chi connectivity index (χ4v) is 4.05. The Bertz CT molecular complexity index is 1080. The Morgan fingerprint density at radius 2 is 1.76 bits per heavy atom. The lowest BCUT2D eigenvalue weighted by molar-refractivity contribution is 0.281. The molecule has 4 heterocycles. The summed E-state index contributed by atoms with van der Waals surface area (Å²) in [5.74, 6) is 0. The molecule has 5 nitrogen and oxygen atoms in total. The van der Waals surface area contributed by atoms with Gasteiger partial charge in [0.25, 0.3) is 0 Å². The van der Waals surface area contributed by atoms with E-state index < -0.39 is 0 Å². The van der Waals surface area contributed by atoms with Gasteiger partial charge in [0.15, 0.2) is 0 Å². The van der Waals surface area contributed by atoms with Crippen molar-refractivity contribution in [2.45, 2.75) is 13.0 Å². The Morgan fingerprint density at radius 3 is 2.62 bits per heavy atom. The quantitative estimate of drug-likeness (QED) is 0.581. The van der Waals surface area contributed by atoms with Gasteiger partial charge in [-0.2, -0.15) is 0 Å². The van der Waals surface area contributed by atoms with E-state index in [0.717, 1.165) is 49.6 Å². The van der Waals surface area contributed by atoms with E-state index in [2.05, 4.69) is 74.3 Å². The molecule has 0 radical (unpaired) electrons. The number of hydrogen-bond donors (Lipinski definition) is 1. The maximum absolute atomic E-state index is 4.99. The van der Waals surface area contributed by atoms with Crippen LogP contribution in [0.2, 0.25) is 0 Å². The number of fused-ring (bicyclic) bond motifs is 1. The number of rotatable bonds is 4. The maximum Gasteiger partial charge on any atom is 0.137 e. The molecule has 5 rings (SSSR count). The summed E-state index contributed by atoms with van der Waals surface area (Å²) in [5.41, 5.74) is 6.73. The normalized spacial score (nSPS) is 15.4. The smallest absolute Gasteiger partial charge is 0.137 e. The van der Waals surface area contributed by atoms with E-state index in [4.69, 9.17) is 4.98 Å². The molecule has 0 spiro atoms. The summed E-state index contributed by atoms with van der Waals surface area (Å²) in [5, 5.41) is 3.50. The monoisotopic (exact) mass is 383 g/mol. The summed E-state index contributed by atoms with van der Waals surface area (Å²) in [4.78, 5) is 11.8. The van der Waals surface area contributed by atoms with Crippen molar-refractivity contribution in [3.8, 4) is 22.4 Å². The van der Waals surface area contributed by atoms with Gasteiger partial charge in [-0.1, -0.05) is 30.3 Å². The van der Waals surface area contributed by atoms with Gasteiger partial charge in [-0.3, -0.25) is 9.88 Å². The van der Waals surface area contributed by atoms with E-state index in [1.807, 2.05) is 18.5 Å². The molecule has 1 aromatic carbocycles. The molecule has 0 bridgehead atoms. The third-order valence-electron chi connectivity index (χ3n) is 5.57. The summed E-state index contributed by atoms with van der Waals surface area (Å²) in [7, 11) is 0. The fourth-order valence-electron chi connectivity index (χ4n) is 4.05. The molecule has 4 aromatic rings. The molecule has 0 atom stereocenters. The van der Waals surface area contributed by atoms with Crippen molar-refractivity contribution < 1.29 is 0 Å². The number of nitrogens with zero attached hydrogens (tertiary/aromatic N) is 4. The minimum atomic E-state index is 0.880. The van der Waals surface area contributed by atoms with Gasteiger partial charge in [0.1, 0.15) is 5.65 Å². The average Bonchev–Trinajstić information content (AvgIpc) is 2.94. The summed E-state index contributed by atoms with van der Waals surface area (Å²) >= 11 is 0. The lowest BCUT2D eigenvalue weighted by Crippen LogP contribution is -2.28. The molecule has 3 aromatic heterocycles. The van der Waals surface area contributed by atoms with Crippen LogP contribution in [-0.2, 0) is 6.54 Å². The molecule has 0 saturated carbocycles. The second-order valence-electron chi connectivity index (χ2n) is 7.54. The highest BCUT2D eigenvalue weighted by molar-refractivity contribution is 5.69. The van der Waals surface area contributed by atoms with E-state index in [1.54, 1.807) is 0 Å². The van der Waals surface area contributed by atoms with Crippen molar-refractivity contribution in [1.29, 1.82) is 0 Å². The van der Waals surface area contributed by atoms with Crippen LogP contribution >= 0.6 is 0 Å². The van der Waals surface area contributed by atoms with Crippen molar-refractivity contribution in [3.63, 3.8) is 0 Å². The molecule has 5 heteroatoms. The predicted molar refractivity (Wildman–Crippen MR) is 117 cm³/mol. The second-order valence-corrected chi connectivity index (χ2v) is 7.54. The summed E-state index contributed by atoms with van der Waals surface area (Å²) in [6.45, 7) is 5.17. The minimum absolute atomic E-state index is 0.880. The maximum atomic E-state index is 4.99. The van der Waals surface area contributed by atoms with Crippen LogP contribution in [0, 0.1) is 0 Å². The minimum Gasteiger partial charge on any atom is -0.315 e. The molecular formula is C24H25N5. The summed E-state index contributed by atoms with van der Waals surface area (Å²) < 4.78 is 2.27. The fraction of sp³-hybridized carbons (Fsp3) is 0.250. The molecule has 29 heavy (non-hydrogen) atoms. The first-order valence-electron chi connectivity index (χ1n) is 10.3. The molecule has 1 aliphatic rings. The second kappa shape index (κ2) is 8.15. The molecule has 0 unspecified atom stereocenters. The van der Waals surface area contributed by atoms with Crippen molar-refractivity contribution in [1.82, 2.24) is 24.6 Å². The van der Waals surface area contributed by atoms with E-state index in [9.17, 15) is 0 Å². The number of pyridine rings is 2. The van der Waals surface area contributed by atoms with Gasteiger partial charge >= 0.3 is 0 Å². The van der Waals surface area contributed by atoms with Crippen molar-refractivity contribution in [2.75, 3.05) is 26.2 Å². The molecular weight excluding hydrogens is 358 g/mol. The molecule has 0 amide bonds. The van der Waals surface area contributed by atoms with Gasteiger partial charge in [-0.25, -0.2) is 4.98 Å². The number of hydrogen-bond acceptors (Lipinski definition) is 4. The summed E-state index contributed by atoms with van der Waals surface area (Å²) in [6, 6.07) is 18.9. The van der Waals surface area contributed by atoms with Crippen LogP contribution in [0.15, 0.2) is 73.2 Å². The number of imidazole rings is 1. The van der Waals surface area contributed by atoms with E-state index >= 15 is 0 Å². The molecule has 1 saturated heterocycles. The number of aromatic nitrogens is 3. The zero-order valence-electron chi connectivity index (χ0n) is 16.5. The molecule has 1 aliphatic heterocycles. The van der Waals surface area contributed by atoms with Gasteiger partial charge in [0, 0.05) is 43.8 Å². The lowest BCUT2D eigenvalue weighted by atomic mass is 10.1. The SMILES string of the molecule is c1ccc(-c2ccc3nc(-c4cccnc4)c(CN4CCCNCC4)n3c2)cc1. The van der Waals surface area contributed by atoms with Crippen LogP contribution in [0.3, 0.4) is 0 Å². The number of benzene rings is 1. The van der Waals surface area contributed by atoms with Crippen LogP contribution in [0.25, 0.3) is 28.0 Å². The van der Waals surface area contributed by atoms with Gasteiger partial charge in [0.2, 0.25) is 0 Å². The van der Waals surface area contributed by atoms with Crippen molar-refractivity contribution >= 4 is 5.65 Å². The zero-order chi connectivity index (χ0) is 19.5. The van der Waals surface area contributed by atoms with Crippen molar-refractivity contribution in [2.24, 2.45) is 0 Å². The molecule has 0 aliphatic carbocycles. The Morgan fingerprint density at radius 1 is 0.862 bits per heavy atom. The highest BCUT2D eigenvalue weighted by atomic mass is 15.2. The third-order valence-corrected chi connectivity index (χ3v) is 5.57. The van der Waals surface area contributed by atoms with E-state index in [-0.39, 0.29) is 0 Å². The molecule has 146 valence electrons. The lowest BCUT2D eigenvalue weighted by Gasteiger charge is -2.20. The van der Waals surface area contributed by atoms with E-state index in [1.165, 1.54) is 23.2 Å². The topological polar surface area (TPSA) is 45.5 Å². The summed E-state index contributed by atoms with van der Waals surface area (Å²) in [6.07, 6.45) is 7.12. The van der Waals surface area contributed by atoms with Crippen molar-refractivity contribution in [3.05, 3.63) is 78.9 Å². The van der Waals surface area contributed by atoms with E-state index in [0.29, 0.717) is 0 Å². The first-order chi connectivity index (χ1) is 14.4. The Labute approximate surface area is 171 Å². The average molecular weight is 383 g/mol. The Hall–Kier alpha value is -3.02. The van der Waals surface area contributed by atoms with Crippen LogP contribution in [-0.4, -0.2) is 45.4 Å². The third kappa shape index (κ3) is 3.79. The van der Waals surface area contributed by atoms with Gasteiger partial charge in [-0.15, -0.1) is 0 Å². The van der Waals surface area contributed by atoms with Crippen LogP contribution < -0.4 is 5.32 Å². The van der Waals surface area contributed by atoms with Gasteiger partial charge < -0.3 is 9.72 Å². The highest BCUT2D eigenvalue weighted by Crippen LogP contribution is 2.28.